The molecule has 2 nitrogen and oxygen atoms in total. The normalized spacial score (nSPS) is 14.4. The molecular formula is C12H14O2. The second-order valence-electron chi connectivity index (χ2n) is 3.72. The van der Waals surface area contributed by atoms with Gasteiger partial charge in [0, 0.05) is 5.56 Å². The van der Waals surface area contributed by atoms with Crippen LogP contribution in [0.1, 0.15) is 16.7 Å². The third-order valence-electron chi connectivity index (χ3n) is 2.60. The lowest BCUT2D eigenvalue weighted by Crippen LogP contribution is -2.10. The maximum absolute atomic E-state index is 8.99. The molecule has 2 rings (SSSR count). The summed E-state index contributed by atoms with van der Waals surface area (Å²) in [7, 11) is 0. The van der Waals surface area contributed by atoms with Crippen LogP contribution in [0.15, 0.2) is 17.7 Å². The second-order valence-corrected chi connectivity index (χ2v) is 3.72. The van der Waals surface area contributed by atoms with E-state index in [1.54, 1.807) is 0 Å². The van der Waals surface area contributed by atoms with Crippen molar-refractivity contribution in [1.82, 2.24) is 0 Å². The van der Waals surface area contributed by atoms with Crippen molar-refractivity contribution in [2.45, 2.75) is 13.8 Å². The lowest BCUT2D eigenvalue weighted by molar-refractivity contribution is 0.285. The number of fused-ring (bicyclic) bond motifs is 1. The Kier molecular flexibility index (Phi) is 2.30. The zero-order valence-corrected chi connectivity index (χ0v) is 8.50. The average Bonchev–Trinajstić information content (AvgIpc) is 2.19. The highest BCUT2D eigenvalue weighted by Gasteiger charge is 2.11. The number of aryl methyl sites for hydroxylation is 2. The summed E-state index contributed by atoms with van der Waals surface area (Å²) in [5.74, 6) is 0.922. The van der Waals surface area contributed by atoms with Gasteiger partial charge in [0.05, 0.1) is 6.61 Å². The van der Waals surface area contributed by atoms with Gasteiger partial charge in [-0.3, -0.25) is 0 Å². The van der Waals surface area contributed by atoms with Gasteiger partial charge in [-0.1, -0.05) is 0 Å². The molecule has 1 aliphatic rings. The first-order valence-corrected chi connectivity index (χ1v) is 4.75. The Morgan fingerprint density at radius 2 is 2.00 bits per heavy atom. The van der Waals surface area contributed by atoms with Gasteiger partial charge < -0.3 is 9.84 Å². The molecule has 0 spiro atoms. The van der Waals surface area contributed by atoms with Gasteiger partial charge in [0.15, 0.2) is 0 Å². The Morgan fingerprint density at radius 3 is 2.71 bits per heavy atom. The smallest absolute Gasteiger partial charge is 0.127 e. The summed E-state index contributed by atoms with van der Waals surface area (Å²) >= 11 is 0. The lowest BCUT2D eigenvalue weighted by Gasteiger charge is -2.18. The van der Waals surface area contributed by atoms with Crippen molar-refractivity contribution in [2.24, 2.45) is 0 Å². The molecular weight excluding hydrogens is 176 g/mol. The van der Waals surface area contributed by atoms with Crippen LogP contribution in [0.2, 0.25) is 0 Å². The quantitative estimate of drug-likeness (QED) is 0.734. The SMILES string of the molecule is Cc1cc2c(cc1C)OCC(CO)=C2. The monoisotopic (exact) mass is 190 g/mol. The van der Waals surface area contributed by atoms with Crippen molar-refractivity contribution in [3.05, 3.63) is 34.4 Å². The largest absolute Gasteiger partial charge is 0.489 e. The van der Waals surface area contributed by atoms with Gasteiger partial charge in [-0.2, -0.15) is 0 Å². The highest BCUT2D eigenvalue weighted by Crippen LogP contribution is 2.28. The summed E-state index contributed by atoms with van der Waals surface area (Å²) in [6.07, 6.45) is 2.01. The first kappa shape index (κ1) is 9.28. The predicted octanol–water partition coefficient (Wildman–Crippen LogP) is 2.07. The van der Waals surface area contributed by atoms with Crippen LogP contribution in [0.4, 0.5) is 0 Å². The Hall–Kier alpha value is -1.28. The van der Waals surface area contributed by atoms with E-state index in [4.69, 9.17) is 9.84 Å². The second kappa shape index (κ2) is 3.46. The zero-order chi connectivity index (χ0) is 10.1. The van der Waals surface area contributed by atoms with E-state index in [0.717, 1.165) is 16.9 Å². The minimum absolute atomic E-state index is 0.0758. The van der Waals surface area contributed by atoms with E-state index in [1.807, 2.05) is 6.08 Å². The summed E-state index contributed by atoms with van der Waals surface area (Å²) < 4.78 is 5.53. The van der Waals surface area contributed by atoms with E-state index < -0.39 is 0 Å². The Bertz CT molecular complexity index is 392. The van der Waals surface area contributed by atoms with Crippen molar-refractivity contribution in [3.63, 3.8) is 0 Å². The number of aliphatic hydroxyl groups is 1. The molecule has 0 fully saturated rings. The zero-order valence-electron chi connectivity index (χ0n) is 8.50. The molecule has 2 heteroatoms. The van der Waals surface area contributed by atoms with Crippen LogP contribution in [-0.4, -0.2) is 18.3 Å². The van der Waals surface area contributed by atoms with Gasteiger partial charge in [-0.05, 0) is 48.8 Å². The minimum atomic E-state index is 0.0758. The van der Waals surface area contributed by atoms with E-state index in [-0.39, 0.29) is 6.61 Å². The summed E-state index contributed by atoms with van der Waals surface area (Å²) in [6, 6.07) is 4.15. The van der Waals surface area contributed by atoms with Crippen LogP contribution in [0, 0.1) is 13.8 Å². The van der Waals surface area contributed by atoms with E-state index in [0.29, 0.717) is 6.61 Å². The summed E-state index contributed by atoms with van der Waals surface area (Å²) in [5, 5.41) is 8.99. The van der Waals surface area contributed by atoms with Crippen LogP contribution < -0.4 is 4.74 Å². The van der Waals surface area contributed by atoms with Crippen LogP contribution in [0.25, 0.3) is 6.08 Å². The van der Waals surface area contributed by atoms with E-state index >= 15 is 0 Å². The van der Waals surface area contributed by atoms with Crippen LogP contribution in [0.3, 0.4) is 0 Å². The third-order valence-corrected chi connectivity index (χ3v) is 2.60. The number of aliphatic hydroxyl groups excluding tert-OH is 1. The molecule has 0 aromatic heterocycles. The van der Waals surface area contributed by atoms with E-state index in [2.05, 4.69) is 26.0 Å². The van der Waals surface area contributed by atoms with E-state index in [9.17, 15) is 0 Å². The van der Waals surface area contributed by atoms with Gasteiger partial charge in [0.1, 0.15) is 12.4 Å². The maximum Gasteiger partial charge on any atom is 0.127 e. The molecule has 0 unspecified atom stereocenters. The first-order valence-electron chi connectivity index (χ1n) is 4.75. The molecule has 0 amide bonds. The Morgan fingerprint density at radius 1 is 1.29 bits per heavy atom. The van der Waals surface area contributed by atoms with Gasteiger partial charge in [0.25, 0.3) is 0 Å². The lowest BCUT2D eigenvalue weighted by atomic mass is 10.0. The van der Waals surface area contributed by atoms with Crippen molar-refractivity contribution in [3.8, 4) is 5.75 Å². The highest BCUT2D eigenvalue weighted by atomic mass is 16.5. The van der Waals surface area contributed by atoms with Crippen molar-refractivity contribution < 1.29 is 9.84 Å². The van der Waals surface area contributed by atoms with Gasteiger partial charge in [0.2, 0.25) is 0 Å². The number of ether oxygens (including phenoxy) is 1. The molecule has 0 saturated heterocycles. The molecule has 1 aromatic rings. The summed E-state index contributed by atoms with van der Waals surface area (Å²) in [6.45, 7) is 4.74. The molecule has 74 valence electrons. The minimum Gasteiger partial charge on any atom is -0.489 e. The van der Waals surface area contributed by atoms with Gasteiger partial charge in [-0.25, -0.2) is 0 Å². The molecule has 1 heterocycles. The molecule has 0 aliphatic carbocycles. The first-order chi connectivity index (χ1) is 6.70. The van der Waals surface area contributed by atoms with Crippen LogP contribution in [0.5, 0.6) is 5.75 Å². The highest BCUT2D eigenvalue weighted by molar-refractivity contribution is 5.64. The molecule has 0 atom stereocenters. The van der Waals surface area contributed by atoms with Crippen LogP contribution >= 0.6 is 0 Å². The predicted molar refractivity (Wildman–Crippen MR) is 56.5 cm³/mol. The molecule has 1 N–H and O–H groups in total. The van der Waals surface area contributed by atoms with Crippen molar-refractivity contribution >= 4 is 6.08 Å². The number of rotatable bonds is 1. The van der Waals surface area contributed by atoms with Crippen LogP contribution in [-0.2, 0) is 0 Å². The Labute approximate surface area is 83.8 Å². The molecule has 1 aromatic carbocycles. The molecule has 1 aliphatic heterocycles. The average molecular weight is 190 g/mol. The number of hydrogen-bond acceptors (Lipinski definition) is 2. The standard InChI is InChI=1S/C12H14O2/c1-8-3-11-5-10(6-13)7-14-12(11)4-9(8)2/h3-5,13H,6-7H2,1-2H3. The number of hydrogen-bond donors (Lipinski definition) is 1. The topological polar surface area (TPSA) is 29.5 Å². The number of benzene rings is 1. The third kappa shape index (κ3) is 1.53. The summed E-state index contributed by atoms with van der Waals surface area (Å²) in [4.78, 5) is 0. The molecule has 14 heavy (non-hydrogen) atoms. The fraction of sp³-hybridized carbons (Fsp3) is 0.333. The van der Waals surface area contributed by atoms with Crippen molar-refractivity contribution in [1.29, 1.82) is 0 Å². The summed E-state index contributed by atoms with van der Waals surface area (Å²) in [5.41, 5.74) is 4.50. The fourth-order valence-corrected chi connectivity index (χ4v) is 1.57. The molecule has 0 bridgehead atoms. The maximum atomic E-state index is 8.99. The van der Waals surface area contributed by atoms with Crippen molar-refractivity contribution in [2.75, 3.05) is 13.2 Å². The van der Waals surface area contributed by atoms with E-state index in [1.165, 1.54) is 11.1 Å². The van der Waals surface area contributed by atoms with Gasteiger partial charge >= 0.3 is 0 Å². The fourth-order valence-electron chi connectivity index (χ4n) is 1.57. The Balaban J connectivity index is 2.48. The molecule has 0 radical (unpaired) electrons. The van der Waals surface area contributed by atoms with Gasteiger partial charge in [-0.15, -0.1) is 0 Å². The molecule has 0 saturated carbocycles.